The average molecular weight is 577 g/mol. The minimum absolute atomic E-state index is 0. The lowest BCUT2D eigenvalue weighted by Crippen LogP contribution is -2.48. The van der Waals surface area contributed by atoms with Crippen molar-refractivity contribution in [2.75, 3.05) is 72.2 Å². The third-order valence-corrected chi connectivity index (χ3v) is 6.55. The van der Waals surface area contributed by atoms with E-state index in [0.717, 1.165) is 110 Å². The van der Waals surface area contributed by atoms with Gasteiger partial charge in [0.15, 0.2) is 5.96 Å². The van der Waals surface area contributed by atoms with Crippen LogP contribution in [0.3, 0.4) is 0 Å². The Balaban J connectivity index is 0.00000306. The van der Waals surface area contributed by atoms with Gasteiger partial charge in [0, 0.05) is 52.3 Å². The van der Waals surface area contributed by atoms with Crippen molar-refractivity contribution in [3.05, 3.63) is 24.2 Å². The number of guanidine groups is 1. The van der Waals surface area contributed by atoms with E-state index >= 15 is 0 Å². The quantitative estimate of drug-likeness (QED) is 0.276. The molecule has 0 radical (unpaired) electrons. The van der Waals surface area contributed by atoms with Gasteiger partial charge in [0.1, 0.15) is 5.76 Å². The summed E-state index contributed by atoms with van der Waals surface area (Å²) in [4.78, 5) is 9.78. The van der Waals surface area contributed by atoms with Gasteiger partial charge in [-0.25, -0.2) is 0 Å². The van der Waals surface area contributed by atoms with E-state index in [2.05, 4.69) is 15.1 Å². The standard InChI is InChI=1S/C24H40N4O4.HI/c1-2-16-31-23(4-1)20-32-22-7-11-28(12-8-22)24(25-9-6-21-5-3-17-30-21)26-10-13-27-14-18-29-19-15-27;/h3,5,17,22-23H,1-2,4,6-16,18-20H2,(H,25,26);1H. The van der Waals surface area contributed by atoms with E-state index in [1.54, 1.807) is 6.26 Å². The van der Waals surface area contributed by atoms with Crippen LogP contribution in [0, 0.1) is 0 Å². The summed E-state index contributed by atoms with van der Waals surface area (Å²) in [6.07, 6.45) is 8.88. The molecule has 33 heavy (non-hydrogen) atoms. The number of rotatable bonds is 9. The molecule has 8 nitrogen and oxygen atoms in total. The third kappa shape index (κ3) is 9.35. The Bertz CT molecular complexity index is 655. The summed E-state index contributed by atoms with van der Waals surface area (Å²) in [6, 6.07) is 3.96. The van der Waals surface area contributed by atoms with Gasteiger partial charge in [0.05, 0.1) is 44.8 Å². The van der Waals surface area contributed by atoms with Gasteiger partial charge < -0.3 is 28.8 Å². The second-order valence-corrected chi connectivity index (χ2v) is 8.92. The molecule has 3 fully saturated rings. The van der Waals surface area contributed by atoms with Gasteiger partial charge in [-0.1, -0.05) is 0 Å². The first-order valence-electron chi connectivity index (χ1n) is 12.5. The Hall–Kier alpha value is -0.880. The van der Waals surface area contributed by atoms with Crippen LogP contribution in [0.2, 0.25) is 0 Å². The number of nitrogens with zero attached hydrogens (tertiary/aromatic N) is 3. The van der Waals surface area contributed by atoms with Crippen LogP contribution in [0.4, 0.5) is 0 Å². The number of aliphatic imine (C=N–C) groups is 1. The molecule has 1 unspecified atom stereocenters. The number of halogens is 1. The topological polar surface area (TPSA) is 71.7 Å². The van der Waals surface area contributed by atoms with Gasteiger partial charge in [0.2, 0.25) is 0 Å². The molecule has 1 N–H and O–H groups in total. The monoisotopic (exact) mass is 576 g/mol. The lowest BCUT2D eigenvalue weighted by molar-refractivity contribution is -0.0721. The van der Waals surface area contributed by atoms with Gasteiger partial charge in [-0.05, 0) is 44.2 Å². The Morgan fingerprint density at radius 1 is 1.09 bits per heavy atom. The van der Waals surface area contributed by atoms with Crippen LogP contribution in [-0.4, -0.2) is 100 Å². The van der Waals surface area contributed by atoms with Crippen LogP contribution in [0.25, 0.3) is 0 Å². The van der Waals surface area contributed by atoms with Crippen molar-refractivity contribution in [3.63, 3.8) is 0 Å². The number of ether oxygens (including phenoxy) is 3. The van der Waals surface area contributed by atoms with E-state index < -0.39 is 0 Å². The molecule has 0 aliphatic carbocycles. The van der Waals surface area contributed by atoms with E-state index in [9.17, 15) is 0 Å². The lowest BCUT2D eigenvalue weighted by Gasteiger charge is -2.35. The number of likely N-dealkylation sites (tertiary alicyclic amines) is 1. The molecule has 3 saturated heterocycles. The van der Waals surface area contributed by atoms with Crippen molar-refractivity contribution in [2.45, 2.75) is 50.7 Å². The number of furan rings is 1. The zero-order chi connectivity index (χ0) is 21.8. The molecular formula is C24H41IN4O4. The number of nitrogens with one attached hydrogen (secondary N) is 1. The maximum absolute atomic E-state index is 6.20. The molecule has 0 saturated carbocycles. The van der Waals surface area contributed by atoms with Crippen molar-refractivity contribution in [1.29, 1.82) is 0 Å². The van der Waals surface area contributed by atoms with Crippen molar-refractivity contribution in [2.24, 2.45) is 4.99 Å². The first kappa shape index (κ1) is 26.7. The van der Waals surface area contributed by atoms with Crippen molar-refractivity contribution < 1.29 is 18.6 Å². The van der Waals surface area contributed by atoms with Crippen molar-refractivity contribution >= 4 is 29.9 Å². The predicted octanol–water partition coefficient (Wildman–Crippen LogP) is 2.77. The molecule has 0 amide bonds. The molecular weight excluding hydrogens is 535 g/mol. The second kappa shape index (κ2) is 15.2. The van der Waals surface area contributed by atoms with Crippen LogP contribution in [0.1, 0.15) is 37.9 Å². The van der Waals surface area contributed by atoms with Gasteiger partial charge in [-0.15, -0.1) is 24.0 Å². The highest BCUT2D eigenvalue weighted by Gasteiger charge is 2.24. The number of piperidine rings is 1. The summed E-state index contributed by atoms with van der Waals surface area (Å²) in [5.74, 6) is 2.01. The highest BCUT2D eigenvalue weighted by molar-refractivity contribution is 14.0. The molecule has 4 heterocycles. The smallest absolute Gasteiger partial charge is 0.193 e. The van der Waals surface area contributed by atoms with Gasteiger partial charge in [0.25, 0.3) is 0 Å². The van der Waals surface area contributed by atoms with Crippen LogP contribution in [0.15, 0.2) is 27.8 Å². The number of morpholine rings is 1. The molecule has 0 spiro atoms. The van der Waals surface area contributed by atoms with E-state index in [0.29, 0.717) is 12.2 Å². The van der Waals surface area contributed by atoms with Crippen LogP contribution in [0.5, 0.6) is 0 Å². The summed E-state index contributed by atoms with van der Waals surface area (Å²) in [7, 11) is 0. The second-order valence-electron chi connectivity index (χ2n) is 8.92. The number of hydrogen-bond acceptors (Lipinski definition) is 6. The molecule has 1 aromatic rings. The maximum atomic E-state index is 6.20. The fourth-order valence-electron chi connectivity index (χ4n) is 4.56. The van der Waals surface area contributed by atoms with Crippen molar-refractivity contribution in [3.8, 4) is 0 Å². The zero-order valence-corrected chi connectivity index (χ0v) is 22.1. The molecule has 1 aromatic heterocycles. The summed E-state index contributed by atoms with van der Waals surface area (Å²) in [5, 5.41) is 3.58. The maximum Gasteiger partial charge on any atom is 0.193 e. The Kier molecular flexibility index (Phi) is 12.3. The third-order valence-electron chi connectivity index (χ3n) is 6.55. The Morgan fingerprint density at radius 3 is 2.67 bits per heavy atom. The molecule has 4 rings (SSSR count). The lowest BCUT2D eigenvalue weighted by atomic mass is 10.1. The normalized spacial score (nSPS) is 23.3. The predicted molar refractivity (Wildman–Crippen MR) is 140 cm³/mol. The molecule has 1 atom stereocenters. The molecule has 0 bridgehead atoms. The Labute approximate surface area is 215 Å². The summed E-state index contributed by atoms with van der Waals surface area (Å²) >= 11 is 0. The molecule has 9 heteroatoms. The van der Waals surface area contributed by atoms with E-state index in [1.165, 1.54) is 12.8 Å². The molecule has 0 aromatic carbocycles. The average Bonchev–Trinajstić information content (AvgIpc) is 3.37. The highest BCUT2D eigenvalue weighted by Crippen LogP contribution is 2.18. The van der Waals surface area contributed by atoms with Crippen molar-refractivity contribution in [1.82, 2.24) is 15.1 Å². The molecule has 3 aliphatic heterocycles. The molecule has 3 aliphatic rings. The summed E-state index contributed by atoms with van der Waals surface area (Å²) in [5.41, 5.74) is 0. The first-order chi connectivity index (χ1) is 15.9. The fourth-order valence-corrected chi connectivity index (χ4v) is 4.56. The van der Waals surface area contributed by atoms with Crippen LogP contribution in [-0.2, 0) is 20.6 Å². The summed E-state index contributed by atoms with van der Waals surface area (Å²) < 4.78 is 22.9. The van der Waals surface area contributed by atoms with Crippen LogP contribution >= 0.6 is 24.0 Å². The number of hydrogen-bond donors (Lipinski definition) is 1. The van der Waals surface area contributed by atoms with Gasteiger partial charge in [-0.2, -0.15) is 0 Å². The minimum Gasteiger partial charge on any atom is -0.469 e. The zero-order valence-electron chi connectivity index (χ0n) is 19.8. The fraction of sp³-hybridized carbons (Fsp3) is 0.792. The summed E-state index contributed by atoms with van der Waals surface area (Å²) in [6.45, 7) is 9.85. The minimum atomic E-state index is 0. The van der Waals surface area contributed by atoms with E-state index in [1.807, 2.05) is 12.1 Å². The highest BCUT2D eigenvalue weighted by atomic mass is 127. The SMILES string of the molecule is I.c1coc(CCNC(=NCCN2CCOCC2)N2CCC(OCC3CCCCO3)CC2)c1. The first-order valence-corrected chi connectivity index (χ1v) is 12.5. The molecule has 188 valence electrons. The largest absolute Gasteiger partial charge is 0.469 e. The van der Waals surface area contributed by atoms with E-state index in [4.69, 9.17) is 23.6 Å². The van der Waals surface area contributed by atoms with Gasteiger partial charge in [-0.3, -0.25) is 9.89 Å². The van der Waals surface area contributed by atoms with Crippen LogP contribution < -0.4 is 5.32 Å². The Morgan fingerprint density at radius 2 is 1.94 bits per heavy atom. The van der Waals surface area contributed by atoms with Gasteiger partial charge >= 0.3 is 0 Å². The van der Waals surface area contributed by atoms with E-state index in [-0.39, 0.29) is 24.0 Å².